The first-order valence-electron chi connectivity index (χ1n) is 5.09. The summed E-state index contributed by atoms with van der Waals surface area (Å²) in [7, 11) is 0. The van der Waals surface area contributed by atoms with Crippen LogP contribution in [0.1, 0.15) is 12.0 Å². The van der Waals surface area contributed by atoms with E-state index in [0.29, 0.717) is 6.54 Å². The normalized spacial score (nSPS) is 10.5. The molecule has 0 atom stereocenters. The molecule has 2 nitrogen and oxygen atoms in total. The topological polar surface area (TPSA) is 32.3 Å². The highest BCUT2D eigenvalue weighted by Crippen LogP contribution is 2.10. The standard InChI is InChI=1S/C13H17NO/c1-2-3-4-5-12-6-8-13(9-7-12)14-10-11-15/h2,4-9,14-15H,1,3,10-11H2/b5-4+. The van der Waals surface area contributed by atoms with Crippen molar-refractivity contribution in [3.63, 3.8) is 0 Å². The summed E-state index contributed by atoms with van der Waals surface area (Å²) in [5.41, 5.74) is 2.20. The first-order valence-corrected chi connectivity index (χ1v) is 5.09. The second-order valence-corrected chi connectivity index (χ2v) is 3.20. The molecule has 0 saturated heterocycles. The monoisotopic (exact) mass is 203 g/mol. The summed E-state index contributed by atoms with van der Waals surface area (Å²) in [5, 5.41) is 11.7. The molecular formula is C13H17NO. The molecule has 0 fully saturated rings. The van der Waals surface area contributed by atoms with Crippen molar-refractivity contribution >= 4 is 11.8 Å². The number of allylic oxidation sites excluding steroid dienone is 2. The fourth-order valence-electron chi connectivity index (χ4n) is 1.21. The number of aliphatic hydroxyl groups excluding tert-OH is 1. The van der Waals surface area contributed by atoms with Gasteiger partial charge in [-0.1, -0.05) is 30.4 Å². The van der Waals surface area contributed by atoms with Crippen molar-refractivity contribution in [1.82, 2.24) is 0 Å². The van der Waals surface area contributed by atoms with Gasteiger partial charge >= 0.3 is 0 Å². The Bertz CT molecular complexity index is 314. The highest BCUT2D eigenvalue weighted by Gasteiger charge is 1.90. The first-order chi connectivity index (χ1) is 7.36. The fourth-order valence-corrected chi connectivity index (χ4v) is 1.21. The maximum absolute atomic E-state index is 8.64. The maximum Gasteiger partial charge on any atom is 0.0604 e. The maximum atomic E-state index is 8.64. The zero-order valence-electron chi connectivity index (χ0n) is 8.82. The van der Waals surface area contributed by atoms with Crippen molar-refractivity contribution in [3.05, 3.63) is 48.6 Å². The Morgan fingerprint density at radius 1 is 1.27 bits per heavy atom. The predicted molar refractivity (Wildman–Crippen MR) is 65.9 cm³/mol. The van der Waals surface area contributed by atoms with Crippen molar-refractivity contribution in [2.45, 2.75) is 6.42 Å². The van der Waals surface area contributed by atoms with Gasteiger partial charge in [0.05, 0.1) is 6.61 Å². The number of anilines is 1. The number of hydrogen-bond donors (Lipinski definition) is 2. The van der Waals surface area contributed by atoms with Crippen LogP contribution < -0.4 is 5.32 Å². The van der Waals surface area contributed by atoms with Crippen molar-refractivity contribution in [2.75, 3.05) is 18.5 Å². The zero-order chi connectivity index (χ0) is 10.9. The number of nitrogens with one attached hydrogen (secondary N) is 1. The molecule has 0 saturated carbocycles. The second-order valence-electron chi connectivity index (χ2n) is 3.20. The molecular weight excluding hydrogens is 186 g/mol. The van der Waals surface area contributed by atoms with Crippen molar-refractivity contribution < 1.29 is 5.11 Å². The van der Waals surface area contributed by atoms with E-state index < -0.39 is 0 Å². The Labute approximate surface area is 91.0 Å². The molecule has 0 aliphatic carbocycles. The Morgan fingerprint density at radius 3 is 2.60 bits per heavy atom. The van der Waals surface area contributed by atoms with E-state index in [1.165, 1.54) is 5.56 Å². The van der Waals surface area contributed by atoms with Gasteiger partial charge in [0.15, 0.2) is 0 Å². The molecule has 0 unspecified atom stereocenters. The van der Waals surface area contributed by atoms with E-state index in [-0.39, 0.29) is 6.61 Å². The molecule has 0 heterocycles. The van der Waals surface area contributed by atoms with Gasteiger partial charge < -0.3 is 10.4 Å². The van der Waals surface area contributed by atoms with E-state index in [1.807, 2.05) is 30.3 Å². The molecule has 1 rings (SSSR count). The highest BCUT2D eigenvalue weighted by atomic mass is 16.3. The van der Waals surface area contributed by atoms with Gasteiger partial charge in [0.25, 0.3) is 0 Å². The van der Waals surface area contributed by atoms with Crippen LogP contribution in [0.5, 0.6) is 0 Å². The van der Waals surface area contributed by atoms with Gasteiger partial charge in [0.2, 0.25) is 0 Å². The third-order valence-corrected chi connectivity index (χ3v) is 1.96. The van der Waals surface area contributed by atoms with E-state index in [2.05, 4.69) is 24.0 Å². The lowest BCUT2D eigenvalue weighted by Gasteiger charge is -2.03. The van der Waals surface area contributed by atoms with Gasteiger partial charge in [-0.3, -0.25) is 0 Å². The van der Waals surface area contributed by atoms with Crippen LogP contribution in [0.15, 0.2) is 43.0 Å². The SMILES string of the molecule is C=CC/C=C/c1ccc(NCCO)cc1. The number of hydrogen-bond acceptors (Lipinski definition) is 2. The average Bonchev–Trinajstić information content (AvgIpc) is 2.28. The Morgan fingerprint density at radius 2 is 2.00 bits per heavy atom. The molecule has 2 N–H and O–H groups in total. The molecule has 0 aromatic heterocycles. The Hall–Kier alpha value is -1.54. The quantitative estimate of drug-likeness (QED) is 0.697. The summed E-state index contributed by atoms with van der Waals surface area (Å²) in [4.78, 5) is 0. The summed E-state index contributed by atoms with van der Waals surface area (Å²) in [6, 6.07) is 8.09. The van der Waals surface area contributed by atoms with E-state index in [9.17, 15) is 0 Å². The van der Waals surface area contributed by atoms with Crippen LogP contribution in [0.4, 0.5) is 5.69 Å². The van der Waals surface area contributed by atoms with E-state index in [1.54, 1.807) is 0 Å². The van der Waals surface area contributed by atoms with Crippen LogP contribution in [0.3, 0.4) is 0 Å². The van der Waals surface area contributed by atoms with Gasteiger partial charge in [0, 0.05) is 12.2 Å². The minimum atomic E-state index is 0.154. The number of benzene rings is 1. The number of rotatable bonds is 6. The predicted octanol–water partition coefficient (Wildman–Crippen LogP) is 2.68. The van der Waals surface area contributed by atoms with Gasteiger partial charge in [-0.05, 0) is 24.1 Å². The zero-order valence-corrected chi connectivity index (χ0v) is 8.82. The molecule has 2 heteroatoms. The summed E-state index contributed by atoms with van der Waals surface area (Å²) in [6.45, 7) is 4.40. The minimum absolute atomic E-state index is 0.154. The van der Waals surface area contributed by atoms with Crippen LogP contribution in [0, 0.1) is 0 Å². The van der Waals surface area contributed by atoms with Crippen molar-refractivity contribution in [3.8, 4) is 0 Å². The largest absolute Gasteiger partial charge is 0.395 e. The second kappa shape index (κ2) is 6.85. The molecule has 1 aromatic rings. The van der Waals surface area contributed by atoms with Crippen molar-refractivity contribution in [1.29, 1.82) is 0 Å². The lowest BCUT2D eigenvalue weighted by atomic mass is 10.2. The minimum Gasteiger partial charge on any atom is -0.395 e. The van der Waals surface area contributed by atoms with Gasteiger partial charge in [-0.15, -0.1) is 6.58 Å². The van der Waals surface area contributed by atoms with Crippen LogP contribution >= 0.6 is 0 Å². The third kappa shape index (κ3) is 4.47. The van der Waals surface area contributed by atoms with Crippen LogP contribution in [-0.2, 0) is 0 Å². The number of aliphatic hydroxyl groups is 1. The van der Waals surface area contributed by atoms with Crippen LogP contribution in [-0.4, -0.2) is 18.3 Å². The van der Waals surface area contributed by atoms with Gasteiger partial charge in [-0.2, -0.15) is 0 Å². The van der Waals surface area contributed by atoms with Crippen molar-refractivity contribution in [2.24, 2.45) is 0 Å². The molecule has 15 heavy (non-hydrogen) atoms. The average molecular weight is 203 g/mol. The molecule has 0 amide bonds. The smallest absolute Gasteiger partial charge is 0.0604 e. The summed E-state index contributed by atoms with van der Waals surface area (Å²) < 4.78 is 0. The molecule has 0 spiro atoms. The van der Waals surface area contributed by atoms with E-state index in [4.69, 9.17) is 5.11 Å². The lowest BCUT2D eigenvalue weighted by Crippen LogP contribution is -2.04. The van der Waals surface area contributed by atoms with Crippen LogP contribution in [0.25, 0.3) is 6.08 Å². The van der Waals surface area contributed by atoms with E-state index in [0.717, 1.165) is 12.1 Å². The molecule has 0 radical (unpaired) electrons. The Kier molecular flexibility index (Phi) is 5.26. The summed E-state index contributed by atoms with van der Waals surface area (Å²) in [6.07, 6.45) is 6.90. The molecule has 1 aromatic carbocycles. The summed E-state index contributed by atoms with van der Waals surface area (Å²) >= 11 is 0. The van der Waals surface area contributed by atoms with Crippen LogP contribution in [0.2, 0.25) is 0 Å². The highest BCUT2D eigenvalue weighted by molar-refractivity contribution is 5.54. The molecule has 80 valence electrons. The Balaban J connectivity index is 2.52. The summed E-state index contributed by atoms with van der Waals surface area (Å²) in [5.74, 6) is 0. The van der Waals surface area contributed by atoms with Gasteiger partial charge in [-0.25, -0.2) is 0 Å². The molecule has 0 aliphatic rings. The third-order valence-electron chi connectivity index (χ3n) is 1.96. The van der Waals surface area contributed by atoms with E-state index >= 15 is 0 Å². The molecule has 0 aliphatic heterocycles. The first kappa shape index (κ1) is 11.5. The van der Waals surface area contributed by atoms with Gasteiger partial charge in [0.1, 0.15) is 0 Å². The lowest BCUT2D eigenvalue weighted by molar-refractivity contribution is 0.311. The molecule has 0 bridgehead atoms. The fraction of sp³-hybridized carbons (Fsp3) is 0.231.